The standard InChI is InChI=1S/C16H10N4OS2/c21-15(17-11-7-4-8-12-14(11)20-23-19-12)13-9-22-16(18-13)10-5-2-1-3-6-10/h1-9H,(H,17,21). The van der Waals surface area contributed by atoms with Crippen LogP contribution in [0.25, 0.3) is 21.6 Å². The Morgan fingerprint density at radius 3 is 2.74 bits per heavy atom. The minimum Gasteiger partial charge on any atom is -0.319 e. The molecule has 0 spiro atoms. The number of carbonyl (C=O) groups excluding carboxylic acids is 1. The molecule has 0 aliphatic rings. The van der Waals surface area contributed by atoms with Gasteiger partial charge in [-0.1, -0.05) is 36.4 Å². The van der Waals surface area contributed by atoms with Crippen LogP contribution in [-0.4, -0.2) is 19.6 Å². The molecule has 1 N–H and O–H groups in total. The summed E-state index contributed by atoms with van der Waals surface area (Å²) in [7, 11) is 0. The van der Waals surface area contributed by atoms with Crippen molar-refractivity contribution >= 4 is 45.7 Å². The molecule has 4 aromatic rings. The smallest absolute Gasteiger partial charge is 0.275 e. The molecular formula is C16H10N4OS2. The number of benzene rings is 2. The van der Waals surface area contributed by atoms with Gasteiger partial charge in [-0.05, 0) is 12.1 Å². The van der Waals surface area contributed by atoms with Crippen LogP contribution in [0, 0.1) is 0 Å². The van der Waals surface area contributed by atoms with Gasteiger partial charge in [0.2, 0.25) is 0 Å². The van der Waals surface area contributed by atoms with E-state index in [4.69, 9.17) is 0 Å². The van der Waals surface area contributed by atoms with Gasteiger partial charge >= 0.3 is 0 Å². The maximum atomic E-state index is 12.4. The predicted molar refractivity (Wildman–Crippen MR) is 92.9 cm³/mol. The molecule has 1 amide bonds. The number of nitrogens with one attached hydrogen (secondary N) is 1. The lowest BCUT2D eigenvalue weighted by Gasteiger charge is -2.03. The van der Waals surface area contributed by atoms with Crippen molar-refractivity contribution < 1.29 is 4.79 Å². The summed E-state index contributed by atoms with van der Waals surface area (Å²) < 4.78 is 8.39. The van der Waals surface area contributed by atoms with Gasteiger partial charge in [-0.2, -0.15) is 8.75 Å². The van der Waals surface area contributed by atoms with Gasteiger partial charge < -0.3 is 5.32 Å². The van der Waals surface area contributed by atoms with E-state index in [0.29, 0.717) is 16.9 Å². The third-order valence-electron chi connectivity index (χ3n) is 3.29. The number of rotatable bonds is 3. The highest BCUT2D eigenvalue weighted by Gasteiger charge is 2.14. The third kappa shape index (κ3) is 2.71. The van der Waals surface area contributed by atoms with Crippen LogP contribution in [0.15, 0.2) is 53.9 Å². The molecule has 0 radical (unpaired) electrons. The molecule has 5 nitrogen and oxygen atoms in total. The minimum absolute atomic E-state index is 0.246. The van der Waals surface area contributed by atoms with Crippen LogP contribution < -0.4 is 5.32 Å². The molecule has 0 bridgehead atoms. The van der Waals surface area contributed by atoms with Gasteiger partial charge in [0.25, 0.3) is 5.91 Å². The number of amides is 1. The van der Waals surface area contributed by atoms with Crippen LogP contribution in [0.2, 0.25) is 0 Å². The fourth-order valence-electron chi connectivity index (χ4n) is 2.18. The Morgan fingerprint density at radius 1 is 1.00 bits per heavy atom. The number of aromatic nitrogens is 3. The van der Waals surface area contributed by atoms with E-state index in [1.807, 2.05) is 48.5 Å². The van der Waals surface area contributed by atoms with E-state index < -0.39 is 0 Å². The Hall–Kier alpha value is -2.64. The normalized spacial score (nSPS) is 10.8. The average Bonchev–Trinajstić information content (AvgIpc) is 3.25. The summed E-state index contributed by atoms with van der Waals surface area (Å²) in [6.07, 6.45) is 0. The molecule has 0 saturated heterocycles. The van der Waals surface area contributed by atoms with Crippen molar-refractivity contribution in [3.8, 4) is 10.6 Å². The Kier molecular flexibility index (Phi) is 3.57. The summed E-state index contributed by atoms with van der Waals surface area (Å²) >= 11 is 2.58. The van der Waals surface area contributed by atoms with Gasteiger partial charge in [-0.3, -0.25) is 4.79 Å². The summed E-state index contributed by atoms with van der Waals surface area (Å²) in [5.41, 5.74) is 3.52. The van der Waals surface area contributed by atoms with Crippen LogP contribution in [-0.2, 0) is 0 Å². The lowest BCUT2D eigenvalue weighted by molar-refractivity contribution is 0.102. The zero-order chi connectivity index (χ0) is 15.6. The van der Waals surface area contributed by atoms with Crippen molar-refractivity contribution in [2.24, 2.45) is 0 Å². The fourth-order valence-corrected chi connectivity index (χ4v) is 3.54. The van der Waals surface area contributed by atoms with E-state index in [1.54, 1.807) is 5.38 Å². The largest absolute Gasteiger partial charge is 0.319 e. The fraction of sp³-hybridized carbons (Fsp3) is 0. The quantitative estimate of drug-likeness (QED) is 0.611. The summed E-state index contributed by atoms with van der Waals surface area (Å²) in [6, 6.07) is 15.3. The SMILES string of the molecule is O=C(Nc1cccc2nsnc12)c1csc(-c2ccccc2)n1. The number of thiazole rings is 1. The predicted octanol–water partition coefficient (Wildman–Crippen LogP) is 4.07. The maximum absolute atomic E-state index is 12.4. The van der Waals surface area contributed by atoms with Crippen molar-refractivity contribution in [2.75, 3.05) is 5.32 Å². The summed E-state index contributed by atoms with van der Waals surface area (Å²) in [6.45, 7) is 0. The summed E-state index contributed by atoms with van der Waals surface area (Å²) in [5.74, 6) is -0.246. The molecular weight excluding hydrogens is 328 g/mol. The molecule has 2 aromatic heterocycles. The van der Waals surface area contributed by atoms with E-state index in [2.05, 4.69) is 19.0 Å². The molecule has 0 fully saturated rings. The number of anilines is 1. The molecule has 0 aliphatic carbocycles. The second-order valence-electron chi connectivity index (χ2n) is 4.80. The van der Waals surface area contributed by atoms with Gasteiger partial charge in [-0.25, -0.2) is 4.98 Å². The van der Waals surface area contributed by atoms with Crippen molar-refractivity contribution in [3.63, 3.8) is 0 Å². The first-order valence-electron chi connectivity index (χ1n) is 6.85. The number of fused-ring (bicyclic) bond motifs is 1. The van der Waals surface area contributed by atoms with E-state index in [1.165, 1.54) is 11.3 Å². The lowest BCUT2D eigenvalue weighted by Crippen LogP contribution is -2.12. The first kappa shape index (κ1) is 14.0. The number of carbonyl (C=O) groups is 1. The monoisotopic (exact) mass is 338 g/mol. The van der Waals surface area contributed by atoms with E-state index >= 15 is 0 Å². The topological polar surface area (TPSA) is 67.8 Å². The van der Waals surface area contributed by atoms with Gasteiger partial charge in [0.05, 0.1) is 17.4 Å². The Morgan fingerprint density at radius 2 is 1.87 bits per heavy atom. The summed E-state index contributed by atoms with van der Waals surface area (Å²) in [4.78, 5) is 16.8. The van der Waals surface area contributed by atoms with Crippen molar-refractivity contribution in [1.29, 1.82) is 0 Å². The molecule has 4 rings (SSSR count). The van der Waals surface area contributed by atoms with Crippen LogP contribution >= 0.6 is 23.1 Å². The van der Waals surface area contributed by atoms with E-state index in [9.17, 15) is 4.79 Å². The molecule has 2 heterocycles. The Labute approximate surface area is 140 Å². The highest BCUT2D eigenvalue weighted by atomic mass is 32.1. The highest BCUT2D eigenvalue weighted by molar-refractivity contribution is 7.13. The third-order valence-corrected chi connectivity index (χ3v) is 4.73. The van der Waals surface area contributed by atoms with Crippen LogP contribution in [0.1, 0.15) is 10.5 Å². The molecule has 0 aliphatic heterocycles. The Balaban J connectivity index is 1.60. The highest BCUT2D eigenvalue weighted by Crippen LogP contribution is 2.25. The first-order valence-corrected chi connectivity index (χ1v) is 8.46. The van der Waals surface area contributed by atoms with E-state index in [-0.39, 0.29) is 5.91 Å². The second kappa shape index (κ2) is 5.86. The molecule has 0 unspecified atom stereocenters. The molecule has 7 heteroatoms. The maximum Gasteiger partial charge on any atom is 0.275 e. The lowest BCUT2D eigenvalue weighted by atomic mass is 10.2. The second-order valence-corrected chi connectivity index (χ2v) is 6.18. The van der Waals surface area contributed by atoms with Gasteiger partial charge in [0.15, 0.2) is 0 Å². The van der Waals surface area contributed by atoms with Crippen LogP contribution in [0.3, 0.4) is 0 Å². The van der Waals surface area contributed by atoms with Crippen LogP contribution in [0.4, 0.5) is 5.69 Å². The minimum atomic E-state index is -0.246. The van der Waals surface area contributed by atoms with Gasteiger partial charge in [0.1, 0.15) is 21.7 Å². The van der Waals surface area contributed by atoms with Crippen molar-refractivity contribution in [1.82, 2.24) is 13.7 Å². The molecule has 112 valence electrons. The number of nitrogens with zero attached hydrogens (tertiary/aromatic N) is 3. The Bertz CT molecular complexity index is 978. The summed E-state index contributed by atoms with van der Waals surface area (Å²) in [5, 5.41) is 5.45. The zero-order valence-electron chi connectivity index (χ0n) is 11.8. The van der Waals surface area contributed by atoms with Crippen molar-refractivity contribution in [3.05, 3.63) is 59.6 Å². The van der Waals surface area contributed by atoms with Gasteiger partial charge in [-0.15, -0.1) is 11.3 Å². The van der Waals surface area contributed by atoms with Gasteiger partial charge in [0, 0.05) is 10.9 Å². The first-order chi connectivity index (χ1) is 11.3. The molecule has 2 aromatic carbocycles. The van der Waals surface area contributed by atoms with Crippen LogP contribution in [0.5, 0.6) is 0 Å². The number of hydrogen-bond acceptors (Lipinski definition) is 6. The molecule has 0 atom stereocenters. The molecule has 0 saturated carbocycles. The average molecular weight is 338 g/mol. The number of hydrogen-bond donors (Lipinski definition) is 1. The van der Waals surface area contributed by atoms with E-state index in [0.717, 1.165) is 27.8 Å². The van der Waals surface area contributed by atoms with Crippen molar-refractivity contribution in [2.45, 2.75) is 0 Å². The zero-order valence-corrected chi connectivity index (χ0v) is 13.4. The molecule has 23 heavy (non-hydrogen) atoms.